The van der Waals surface area contributed by atoms with E-state index in [0.29, 0.717) is 19.1 Å². The summed E-state index contributed by atoms with van der Waals surface area (Å²) >= 11 is 0. The molecule has 3 amide bonds. The van der Waals surface area contributed by atoms with Crippen LogP contribution in [0, 0.1) is 5.92 Å². The molecule has 2 fully saturated rings. The van der Waals surface area contributed by atoms with E-state index >= 15 is 0 Å². The predicted octanol–water partition coefficient (Wildman–Crippen LogP) is 2.66. The zero-order valence-corrected chi connectivity index (χ0v) is 14.3. The Hall–Kier alpha value is -1.26. The third-order valence-corrected chi connectivity index (χ3v) is 4.58. The van der Waals surface area contributed by atoms with Crippen LogP contribution in [-0.4, -0.2) is 41.5 Å². The summed E-state index contributed by atoms with van der Waals surface area (Å²) in [7, 11) is 0. The Morgan fingerprint density at radius 2 is 1.55 bits per heavy atom. The highest BCUT2D eigenvalue weighted by Crippen LogP contribution is 2.20. The van der Waals surface area contributed by atoms with Crippen LogP contribution in [0.15, 0.2) is 0 Å². The van der Waals surface area contributed by atoms with Crippen molar-refractivity contribution in [1.29, 1.82) is 0 Å². The summed E-state index contributed by atoms with van der Waals surface area (Å²) < 4.78 is 0. The van der Waals surface area contributed by atoms with Gasteiger partial charge in [0.15, 0.2) is 0 Å². The number of carbonyl (C=O) groups is 2. The van der Waals surface area contributed by atoms with E-state index in [1.165, 1.54) is 19.3 Å². The normalized spacial score (nSPS) is 21.5. The van der Waals surface area contributed by atoms with Crippen molar-refractivity contribution < 1.29 is 9.59 Å². The molecule has 2 N–H and O–H groups in total. The van der Waals surface area contributed by atoms with Gasteiger partial charge >= 0.3 is 6.03 Å². The van der Waals surface area contributed by atoms with Gasteiger partial charge in [-0.3, -0.25) is 4.79 Å². The molecule has 1 heterocycles. The molecule has 5 heteroatoms. The van der Waals surface area contributed by atoms with Crippen LogP contribution in [0.1, 0.15) is 65.7 Å². The van der Waals surface area contributed by atoms with Gasteiger partial charge in [0.25, 0.3) is 0 Å². The fraction of sp³-hybridized carbons (Fsp3) is 0.882. The number of rotatable bonds is 2. The minimum atomic E-state index is -0.188. The number of hydrogen-bond donors (Lipinski definition) is 2. The van der Waals surface area contributed by atoms with Crippen molar-refractivity contribution in [3.8, 4) is 0 Å². The first-order chi connectivity index (χ1) is 10.3. The molecule has 0 radical (unpaired) electrons. The van der Waals surface area contributed by atoms with E-state index < -0.39 is 0 Å². The highest BCUT2D eigenvalue weighted by Gasteiger charge is 2.29. The Kier molecular flexibility index (Phi) is 5.70. The molecule has 2 aliphatic rings. The Labute approximate surface area is 134 Å². The summed E-state index contributed by atoms with van der Waals surface area (Å²) in [6.07, 6.45) is 7.48. The van der Waals surface area contributed by atoms with E-state index in [-0.39, 0.29) is 23.4 Å². The van der Waals surface area contributed by atoms with E-state index in [4.69, 9.17) is 0 Å². The summed E-state index contributed by atoms with van der Waals surface area (Å²) in [6.45, 7) is 7.36. The van der Waals surface area contributed by atoms with Crippen LogP contribution in [0.25, 0.3) is 0 Å². The van der Waals surface area contributed by atoms with Crippen molar-refractivity contribution in [3.05, 3.63) is 0 Å². The number of nitrogens with one attached hydrogen (secondary N) is 2. The van der Waals surface area contributed by atoms with Crippen molar-refractivity contribution in [1.82, 2.24) is 15.5 Å². The molecule has 0 bridgehead atoms. The molecule has 1 aliphatic carbocycles. The minimum absolute atomic E-state index is 0.0398. The smallest absolute Gasteiger partial charge is 0.317 e. The van der Waals surface area contributed by atoms with E-state index in [9.17, 15) is 9.59 Å². The molecule has 2 rings (SSSR count). The maximum absolute atomic E-state index is 12.3. The number of carbonyl (C=O) groups excluding carboxylic acids is 2. The quantitative estimate of drug-likeness (QED) is 0.824. The largest absolute Gasteiger partial charge is 0.351 e. The Morgan fingerprint density at radius 1 is 0.955 bits per heavy atom. The third kappa shape index (κ3) is 5.18. The van der Waals surface area contributed by atoms with Crippen LogP contribution in [0.4, 0.5) is 4.79 Å². The number of amides is 3. The van der Waals surface area contributed by atoms with E-state index in [0.717, 1.165) is 25.7 Å². The number of piperidine rings is 1. The standard InChI is InChI=1S/C17H31N3O2/c1-17(2,3)19-15(21)13-9-11-20(12-10-13)16(22)18-14-7-5-4-6-8-14/h13-14H,4-12H2,1-3H3,(H,18,22)(H,19,21). The van der Waals surface area contributed by atoms with Gasteiger partial charge in [-0.05, 0) is 46.5 Å². The highest BCUT2D eigenvalue weighted by molar-refractivity contribution is 5.80. The molecule has 0 aromatic heterocycles. The van der Waals surface area contributed by atoms with E-state index in [1.807, 2.05) is 25.7 Å². The summed E-state index contributed by atoms with van der Waals surface area (Å²) in [6, 6.07) is 0.407. The first-order valence-electron chi connectivity index (χ1n) is 8.72. The second kappa shape index (κ2) is 7.34. The molecule has 0 aromatic rings. The molecule has 0 atom stereocenters. The molecule has 1 saturated carbocycles. The van der Waals surface area contributed by atoms with Crippen LogP contribution in [0.5, 0.6) is 0 Å². The van der Waals surface area contributed by atoms with Crippen LogP contribution in [-0.2, 0) is 4.79 Å². The van der Waals surface area contributed by atoms with Crippen LogP contribution in [0.3, 0.4) is 0 Å². The average molecular weight is 309 g/mol. The van der Waals surface area contributed by atoms with Gasteiger partial charge in [-0.2, -0.15) is 0 Å². The Bertz CT molecular complexity index is 389. The van der Waals surface area contributed by atoms with Crippen LogP contribution < -0.4 is 10.6 Å². The lowest BCUT2D eigenvalue weighted by Crippen LogP contribution is -2.51. The van der Waals surface area contributed by atoms with E-state index in [2.05, 4.69) is 10.6 Å². The second-order valence-electron chi connectivity index (χ2n) is 7.78. The summed E-state index contributed by atoms with van der Waals surface area (Å²) in [5.74, 6) is 0.165. The van der Waals surface area contributed by atoms with Gasteiger partial charge in [-0.1, -0.05) is 19.3 Å². The first-order valence-corrected chi connectivity index (χ1v) is 8.72. The Morgan fingerprint density at radius 3 is 2.09 bits per heavy atom. The monoisotopic (exact) mass is 309 g/mol. The first kappa shape index (κ1) is 17.1. The number of urea groups is 1. The fourth-order valence-corrected chi connectivity index (χ4v) is 3.33. The summed E-state index contributed by atoms with van der Waals surface area (Å²) in [4.78, 5) is 26.3. The predicted molar refractivity (Wildman–Crippen MR) is 87.6 cm³/mol. The number of hydrogen-bond acceptors (Lipinski definition) is 2. The molecule has 0 spiro atoms. The maximum Gasteiger partial charge on any atom is 0.317 e. The fourth-order valence-electron chi connectivity index (χ4n) is 3.33. The van der Waals surface area contributed by atoms with Gasteiger partial charge in [0.1, 0.15) is 0 Å². The lowest BCUT2D eigenvalue weighted by atomic mass is 9.94. The average Bonchev–Trinajstić information content (AvgIpc) is 2.46. The molecular formula is C17H31N3O2. The van der Waals surface area contributed by atoms with Gasteiger partial charge in [0.2, 0.25) is 5.91 Å². The van der Waals surface area contributed by atoms with Gasteiger partial charge in [0, 0.05) is 30.6 Å². The van der Waals surface area contributed by atoms with Crippen LogP contribution >= 0.6 is 0 Å². The second-order valence-corrected chi connectivity index (χ2v) is 7.78. The number of likely N-dealkylation sites (tertiary alicyclic amines) is 1. The van der Waals surface area contributed by atoms with Crippen molar-refractivity contribution in [2.24, 2.45) is 5.92 Å². The number of nitrogens with zero attached hydrogens (tertiary/aromatic N) is 1. The lowest BCUT2D eigenvalue weighted by molar-refractivity contribution is -0.127. The summed E-state index contributed by atoms with van der Waals surface area (Å²) in [5, 5.41) is 6.20. The van der Waals surface area contributed by atoms with Crippen molar-refractivity contribution in [2.75, 3.05) is 13.1 Å². The molecule has 1 saturated heterocycles. The van der Waals surface area contributed by atoms with Crippen molar-refractivity contribution in [2.45, 2.75) is 77.3 Å². The van der Waals surface area contributed by atoms with Gasteiger partial charge in [-0.25, -0.2) is 4.79 Å². The lowest BCUT2D eigenvalue weighted by Gasteiger charge is -2.34. The zero-order valence-electron chi connectivity index (χ0n) is 14.3. The van der Waals surface area contributed by atoms with Crippen molar-refractivity contribution in [3.63, 3.8) is 0 Å². The molecule has 5 nitrogen and oxygen atoms in total. The van der Waals surface area contributed by atoms with Gasteiger partial charge in [-0.15, -0.1) is 0 Å². The van der Waals surface area contributed by atoms with Crippen molar-refractivity contribution >= 4 is 11.9 Å². The molecule has 22 heavy (non-hydrogen) atoms. The summed E-state index contributed by atoms with van der Waals surface area (Å²) in [5.41, 5.74) is -0.188. The zero-order chi connectivity index (χ0) is 16.2. The highest BCUT2D eigenvalue weighted by atomic mass is 16.2. The topological polar surface area (TPSA) is 61.4 Å². The molecule has 0 aromatic carbocycles. The maximum atomic E-state index is 12.3. The molecule has 1 aliphatic heterocycles. The van der Waals surface area contributed by atoms with Gasteiger partial charge in [0.05, 0.1) is 0 Å². The molecular weight excluding hydrogens is 278 g/mol. The third-order valence-electron chi connectivity index (χ3n) is 4.58. The molecule has 0 unspecified atom stereocenters. The minimum Gasteiger partial charge on any atom is -0.351 e. The SMILES string of the molecule is CC(C)(C)NC(=O)C1CCN(C(=O)NC2CCCCC2)CC1. The Balaban J connectivity index is 1.74. The molecule has 126 valence electrons. The van der Waals surface area contributed by atoms with Crippen LogP contribution in [0.2, 0.25) is 0 Å². The van der Waals surface area contributed by atoms with E-state index in [1.54, 1.807) is 0 Å². The van der Waals surface area contributed by atoms with Gasteiger partial charge < -0.3 is 15.5 Å².